The number of unbranched alkanes of at least 4 members (excludes halogenated alkanes) is 20. The van der Waals surface area contributed by atoms with Crippen molar-refractivity contribution in [3.63, 3.8) is 0 Å². The van der Waals surface area contributed by atoms with Gasteiger partial charge in [-0.15, -0.1) is 0 Å². The van der Waals surface area contributed by atoms with E-state index in [0.29, 0.717) is 6.42 Å². The maximum Gasteiger partial charge on any atom is 0.306 e. The van der Waals surface area contributed by atoms with Crippen molar-refractivity contribution in [1.82, 2.24) is 0 Å². The van der Waals surface area contributed by atoms with Crippen LogP contribution in [0.25, 0.3) is 0 Å². The Morgan fingerprint density at radius 3 is 1.40 bits per heavy atom. The minimum absolute atomic E-state index is 0.00436. The topological polar surface area (TPSA) is 63.6 Å². The second-order valence-electron chi connectivity index (χ2n) is 13.1. The van der Waals surface area contributed by atoms with Crippen molar-refractivity contribution in [3.8, 4) is 0 Å². The van der Waals surface area contributed by atoms with Crippen LogP contribution in [-0.4, -0.2) is 23.1 Å². The van der Waals surface area contributed by atoms with Gasteiger partial charge in [0.05, 0.1) is 0 Å². The SMILES string of the molecule is CCCCC/C=C\C/C=C\CCCC/C=C\CCCCCCCC(=O)OC(CCCCCCC)CCCCCCCCC(=O)O. The van der Waals surface area contributed by atoms with Gasteiger partial charge in [-0.3, -0.25) is 9.59 Å². The van der Waals surface area contributed by atoms with Crippen LogP contribution in [0.2, 0.25) is 0 Å². The van der Waals surface area contributed by atoms with E-state index in [-0.39, 0.29) is 18.5 Å². The van der Waals surface area contributed by atoms with Gasteiger partial charge in [0, 0.05) is 12.8 Å². The molecule has 0 fully saturated rings. The highest BCUT2D eigenvalue weighted by Gasteiger charge is 2.14. The van der Waals surface area contributed by atoms with Gasteiger partial charge in [0.2, 0.25) is 0 Å². The van der Waals surface area contributed by atoms with E-state index in [0.717, 1.165) is 77.0 Å². The van der Waals surface area contributed by atoms with Gasteiger partial charge < -0.3 is 9.84 Å². The van der Waals surface area contributed by atoms with Crippen LogP contribution in [-0.2, 0) is 14.3 Å². The number of rotatable bonds is 35. The van der Waals surface area contributed by atoms with Crippen molar-refractivity contribution < 1.29 is 19.4 Å². The lowest BCUT2D eigenvalue weighted by molar-refractivity contribution is -0.150. The molecule has 0 aliphatic carbocycles. The van der Waals surface area contributed by atoms with Crippen LogP contribution in [0.5, 0.6) is 0 Å². The molecule has 1 unspecified atom stereocenters. The van der Waals surface area contributed by atoms with Crippen LogP contribution in [0.4, 0.5) is 0 Å². The largest absolute Gasteiger partial charge is 0.481 e. The van der Waals surface area contributed by atoms with Crippen LogP contribution < -0.4 is 0 Å². The summed E-state index contributed by atoms with van der Waals surface area (Å²) in [6, 6.07) is 0. The Kier molecular flexibility index (Phi) is 35.1. The zero-order chi connectivity index (χ0) is 32.9. The van der Waals surface area contributed by atoms with Gasteiger partial charge in [-0.2, -0.15) is 0 Å². The fourth-order valence-corrected chi connectivity index (χ4v) is 5.68. The highest BCUT2D eigenvalue weighted by molar-refractivity contribution is 5.69. The Morgan fingerprint density at radius 1 is 0.489 bits per heavy atom. The number of allylic oxidation sites excluding steroid dienone is 6. The van der Waals surface area contributed by atoms with E-state index in [1.807, 2.05) is 0 Å². The lowest BCUT2D eigenvalue weighted by Crippen LogP contribution is -2.18. The molecule has 0 aromatic rings. The van der Waals surface area contributed by atoms with Gasteiger partial charge in [0.25, 0.3) is 0 Å². The molecule has 0 aromatic heterocycles. The molecule has 0 saturated carbocycles. The minimum Gasteiger partial charge on any atom is -0.481 e. The van der Waals surface area contributed by atoms with E-state index in [9.17, 15) is 9.59 Å². The van der Waals surface area contributed by atoms with E-state index in [4.69, 9.17) is 9.84 Å². The van der Waals surface area contributed by atoms with Gasteiger partial charge in [0.1, 0.15) is 6.10 Å². The normalized spacial score (nSPS) is 12.6. The summed E-state index contributed by atoms with van der Waals surface area (Å²) in [6.07, 6.45) is 47.5. The summed E-state index contributed by atoms with van der Waals surface area (Å²) in [4.78, 5) is 23.2. The number of carbonyl (C=O) groups excluding carboxylic acids is 1. The number of aliphatic carboxylic acids is 1. The van der Waals surface area contributed by atoms with Gasteiger partial charge in [-0.25, -0.2) is 0 Å². The molecule has 0 aromatic carbocycles. The second-order valence-corrected chi connectivity index (χ2v) is 13.1. The maximum atomic E-state index is 12.6. The van der Waals surface area contributed by atoms with E-state index >= 15 is 0 Å². The molecule has 1 atom stereocenters. The third-order valence-electron chi connectivity index (χ3n) is 8.58. The third kappa shape index (κ3) is 36.5. The molecule has 4 heteroatoms. The number of carboxylic acids is 1. The predicted molar refractivity (Wildman–Crippen MR) is 195 cm³/mol. The molecule has 0 bridgehead atoms. The van der Waals surface area contributed by atoms with Crippen molar-refractivity contribution in [2.24, 2.45) is 0 Å². The Hall–Kier alpha value is -1.84. The molecule has 262 valence electrons. The fourth-order valence-electron chi connectivity index (χ4n) is 5.68. The number of esters is 1. The average Bonchev–Trinajstić information content (AvgIpc) is 3.02. The first-order chi connectivity index (χ1) is 22.1. The van der Waals surface area contributed by atoms with E-state index < -0.39 is 5.97 Å². The number of hydrogen-bond acceptors (Lipinski definition) is 3. The standard InChI is InChI=1S/C41H74O4/c1-3-5-7-9-10-11-12-13-14-15-16-17-18-19-20-21-22-23-24-30-34-38-41(44)45-39(35-31-27-8-6-4-2)36-32-28-25-26-29-33-37-40(42)43/h10-11,13-14,19-20,39H,3-9,12,15-18,21-38H2,1-2H3,(H,42,43)/b11-10-,14-13-,20-19-. The minimum atomic E-state index is -0.696. The molecule has 0 saturated heterocycles. The Bertz CT molecular complexity index is 723. The van der Waals surface area contributed by atoms with E-state index in [2.05, 4.69) is 50.3 Å². The van der Waals surface area contributed by atoms with E-state index in [1.54, 1.807) is 0 Å². The quantitative estimate of drug-likeness (QED) is 0.0430. The van der Waals surface area contributed by atoms with Crippen LogP contribution in [0.1, 0.15) is 206 Å². The molecule has 0 radical (unpaired) electrons. The first-order valence-corrected chi connectivity index (χ1v) is 19.5. The molecule has 0 rings (SSSR count). The third-order valence-corrected chi connectivity index (χ3v) is 8.58. The fraction of sp³-hybridized carbons (Fsp3) is 0.805. The Morgan fingerprint density at radius 2 is 0.867 bits per heavy atom. The lowest BCUT2D eigenvalue weighted by Gasteiger charge is -2.18. The van der Waals surface area contributed by atoms with Crippen LogP contribution in [0, 0.1) is 0 Å². The highest BCUT2D eigenvalue weighted by Crippen LogP contribution is 2.18. The number of carboxylic acid groups (broad SMARTS) is 1. The summed E-state index contributed by atoms with van der Waals surface area (Å²) in [5.41, 5.74) is 0. The van der Waals surface area contributed by atoms with E-state index in [1.165, 1.54) is 103 Å². The van der Waals surface area contributed by atoms with Gasteiger partial charge in [-0.1, -0.05) is 134 Å². The zero-order valence-electron chi connectivity index (χ0n) is 29.9. The zero-order valence-corrected chi connectivity index (χ0v) is 29.9. The van der Waals surface area contributed by atoms with Crippen LogP contribution in [0.3, 0.4) is 0 Å². The second kappa shape index (κ2) is 36.6. The first-order valence-electron chi connectivity index (χ1n) is 19.5. The van der Waals surface area contributed by atoms with Gasteiger partial charge >= 0.3 is 11.9 Å². The molecule has 4 nitrogen and oxygen atoms in total. The average molecular weight is 631 g/mol. The smallest absolute Gasteiger partial charge is 0.306 e. The highest BCUT2D eigenvalue weighted by atomic mass is 16.5. The van der Waals surface area contributed by atoms with Gasteiger partial charge in [0.15, 0.2) is 0 Å². The predicted octanol–water partition coefficient (Wildman–Crippen LogP) is 13.4. The number of carbonyl (C=O) groups is 2. The molecular formula is C41H74O4. The van der Waals surface area contributed by atoms with Crippen LogP contribution >= 0.6 is 0 Å². The summed E-state index contributed by atoms with van der Waals surface area (Å²) in [5.74, 6) is -0.700. The molecule has 1 N–H and O–H groups in total. The molecule has 0 heterocycles. The Balaban J connectivity index is 3.82. The van der Waals surface area contributed by atoms with Crippen molar-refractivity contribution in [2.75, 3.05) is 0 Å². The Labute approximate surface area is 279 Å². The molecule has 0 amide bonds. The van der Waals surface area contributed by atoms with Gasteiger partial charge in [-0.05, 0) is 96.3 Å². The lowest BCUT2D eigenvalue weighted by atomic mass is 10.0. The van der Waals surface area contributed by atoms with Crippen molar-refractivity contribution in [2.45, 2.75) is 213 Å². The first kappa shape index (κ1) is 43.2. The summed E-state index contributed by atoms with van der Waals surface area (Å²) in [7, 11) is 0. The molecule has 0 spiro atoms. The summed E-state index contributed by atoms with van der Waals surface area (Å²) in [6.45, 7) is 4.49. The summed E-state index contributed by atoms with van der Waals surface area (Å²) >= 11 is 0. The molecule has 45 heavy (non-hydrogen) atoms. The molecule has 0 aliphatic rings. The van der Waals surface area contributed by atoms with Crippen molar-refractivity contribution >= 4 is 11.9 Å². The summed E-state index contributed by atoms with van der Waals surface area (Å²) in [5, 5.41) is 8.75. The maximum absolute atomic E-state index is 12.6. The van der Waals surface area contributed by atoms with Crippen molar-refractivity contribution in [1.29, 1.82) is 0 Å². The molecular weight excluding hydrogens is 556 g/mol. The number of hydrogen-bond donors (Lipinski definition) is 1. The number of ether oxygens (including phenoxy) is 1. The van der Waals surface area contributed by atoms with Crippen LogP contribution in [0.15, 0.2) is 36.5 Å². The summed E-state index contributed by atoms with van der Waals surface area (Å²) < 4.78 is 5.95. The monoisotopic (exact) mass is 631 g/mol. The molecule has 0 aliphatic heterocycles. The van der Waals surface area contributed by atoms with Crippen molar-refractivity contribution in [3.05, 3.63) is 36.5 Å².